The second kappa shape index (κ2) is 6.56. The Hall–Kier alpha value is -2.49. The molecule has 24 heavy (non-hydrogen) atoms. The fourth-order valence-electron chi connectivity index (χ4n) is 3.10. The lowest BCUT2D eigenvalue weighted by Gasteiger charge is -2.34. The van der Waals surface area contributed by atoms with E-state index in [0.717, 1.165) is 40.2 Å². The number of amides is 2. The van der Waals surface area contributed by atoms with E-state index >= 15 is 0 Å². The standard InChI is InChI=1S/C20H24N2O2/c1-5-17-12-22(18-11-13(2)6-7-19(18)24-17)20(23)21-16-9-14(3)8-15(4)10-16/h6-11,17H,5,12H2,1-4H3,(H,21,23). The van der Waals surface area contributed by atoms with E-state index in [1.807, 2.05) is 51.1 Å². The van der Waals surface area contributed by atoms with E-state index in [1.165, 1.54) is 0 Å². The van der Waals surface area contributed by atoms with Crippen LogP contribution in [-0.2, 0) is 0 Å². The smallest absolute Gasteiger partial charge is 0.326 e. The molecule has 0 fully saturated rings. The molecule has 1 aliphatic heterocycles. The van der Waals surface area contributed by atoms with Crippen molar-refractivity contribution in [2.45, 2.75) is 40.2 Å². The summed E-state index contributed by atoms with van der Waals surface area (Å²) in [4.78, 5) is 14.7. The lowest BCUT2D eigenvalue weighted by molar-refractivity contribution is 0.188. The molecular formula is C20H24N2O2. The molecule has 0 saturated heterocycles. The van der Waals surface area contributed by atoms with Crippen molar-refractivity contribution in [1.82, 2.24) is 0 Å². The molecule has 4 nitrogen and oxygen atoms in total. The number of benzene rings is 2. The van der Waals surface area contributed by atoms with Gasteiger partial charge in [0.05, 0.1) is 12.2 Å². The summed E-state index contributed by atoms with van der Waals surface area (Å²) in [6, 6.07) is 11.9. The maximum absolute atomic E-state index is 12.9. The third-order valence-corrected chi connectivity index (χ3v) is 4.26. The van der Waals surface area contributed by atoms with E-state index in [0.29, 0.717) is 6.54 Å². The Morgan fingerprint density at radius 3 is 2.50 bits per heavy atom. The number of hydrogen-bond donors (Lipinski definition) is 1. The van der Waals surface area contributed by atoms with Crippen molar-refractivity contribution in [2.24, 2.45) is 0 Å². The number of fused-ring (bicyclic) bond motifs is 1. The highest BCUT2D eigenvalue weighted by Gasteiger charge is 2.29. The van der Waals surface area contributed by atoms with Crippen molar-refractivity contribution < 1.29 is 9.53 Å². The topological polar surface area (TPSA) is 41.6 Å². The monoisotopic (exact) mass is 324 g/mol. The zero-order valence-electron chi connectivity index (χ0n) is 14.7. The van der Waals surface area contributed by atoms with Crippen LogP contribution in [0.3, 0.4) is 0 Å². The second-order valence-corrected chi connectivity index (χ2v) is 6.54. The summed E-state index contributed by atoms with van der Waals surface area (Å²) in [7, 11) is 0. The molecule has 1 atom stereocenters. The number of carbonyl (C=O) groups is 1. The van der Waals surface area contributed by atoms with Gasteiger partial charge in [0, 0.05) is 5.69 Å². The number of hydrogen-bond acceptors (Lipinski definition) is 2. The molecular weight excluding hydrogens is 300 g/mol. The zero-order chi connectivity index (χ0) is 17.3. The first-order valence-corrected chi connectivity index (χ1v) is 8.40. The summed E-state index contributed by atoms with van der Waals surface area (Å²) in [6.45, 7) is 8.71. The molecule has 0 spiro atoms. The van der Waals surface area contributed by atoms with Crippen molar-refractivity contribution in [3.05, 3.63) is 53.1 Å². The van der Waals surface area contributed by atoms with Gasteiger partial charge in [-0.3, -0.25) is 4.90 Å². The van der Waals surface area contributed by atoms with Gasteiger partial charge in [-0.25, -0.2) is 4.79 Å². The molecule has 0 aliphatic carbocycles. The van der Waals surface area contributed by atoms with Gasteiger partial charge >= 0.3 is 6.03 Å². The first-order valence-electron chi connectivity index (χ1n) is 8.40. The fraction of sp³-hybridized carbons (Fsp3) is 0.350. The van der Waals surface area contributed by atoms with Crippen LogP contribution in [0.4, 0.5) is 16.2 Å². The first-order chi connectivity index (χ1) is 11.5. The van der Waals surface area contributed by atoms with Gasteiger partial charge in [-0.2, -0.15) is 0 Å². The molecule has 0 saturated carbocycles. The summed E-state index contributed by atoms with van der Waals surface area (Å²) in [6.07, 6.45) is 0.880. The lowest BCUT2D eigenvalue weighted by atomic mass is 10.1. The molecule has 0 radical (unpaired) electrons. The summed E-state index contributed by atoms with van der Waals surface area (Å²) in [5.41, 5.74) is 5.04. The average Bonchev–Trinajstić information content (AvgIpc) is 2.52. The van der Waals surface area contributed by atoms with Crippen LogP contribution in [-0.4, -0.2) is 18.7 Å². The maximum Gasteiger partial charge on any atom is 0.326 e. The van der Waals surface area contributed by atoms with Gasteiger partial charge < -0.3 is 10.1 Å². The molecule has 126 valence electrons. The molecule has 0 aromatic heterocycles. The van der Waals surface area contributed by atoms with Gasteiger partial charge in [-0.05, 0) is 68.1 Å². The number of carbonyl (C=O) groups excluding carboxylic acids is 1. The Morgan fingerprint density at radius 2 is 1.83 bits per heavy atom. The summed E-state index contributed by atoms with van der Waals surface area (Å²) in [5.74, 6) is 0.772. The predicted molar refractivity (Wildman–Crippen MR) is 98.2 cm³/mol. The highest BCUT2D eigenvalue weighted by Crippen LogP contribution is 2.35. The number of anilines is 2. The molecule has 4 heteroatoms. The fourth-order valence-corrected chi connectivity index (χ4v) is 3.10. The van der Waals surface area contributed by atoms with Crippen LogP contribution in [0.1, 0.15) is 30.0 Å². The Kier molecular flexibility index (Phi) is 4.47. The Balaban J connectivity index is 1.89. The highest BCUT2D eigenvalue weighted by atomic mass is 16.5. The summed E-state index contributed by atoms with van der Waals surface area (Å²) >= 11 is 0. The minimum absolute atomic E-state index is 0.0187. The first kappa shape index (κ1) is 16.4. The number of ether oxygens (including phenoxy) is 1. The van der Waals surface area contributed by atoms with Gasteiger partial charge in [-0.15, -0.1) is 0 Å². The van der Waals surface area contributed by atoms with Crippen molar-refractivity contribution in [3.8, 4) is 5.75 Å². The predicted octanol–water partition coefficient (Wildman–Crippen LogP) is 4.82. The van der Waals surface area contributed by atoms with Gasteiger partial charge in [0.1, 0.15) is 11.9 Å². The van der Waals surface area contributed by atoms with Crippen molar-refractivity contribution in [2.75, 3.05) is 16.8 Å². The molecule has 1 N–H and O–H groups in total. The summed E-state index contributed by atoms with van der Waals surface area (Å²) in [5, 5.41) is 3.03. The number of rotatable bonds is 2. The average molecular weight is 324 g/mol. The Morgan fingerprint density at radius 1 is 1.12 bits per heavy atom. The van der Waals surface area contributed by atoms with Gasteiger partial charge in [0.25, 0.3) is 0 Å². The summed E-state index contributed by atoms with van der Waals surface area (Å²) < 4.78 is 5.98. The molecule has 1 heterocycles. The second-order valence-electron chi connectivity index (χ2n) is 6.54. The van der Waals surface area contributed by atoms with Gasteiger partial charge in [0.15, 0.2) is 0 Å². The quantitative estimate of drug-likeness (QED) is 0.860. The van der Waals surface area contributed by atoms with Crippen molar-refractivity contribution in [3.63, 3.8) is 0 Å². The van der Waals surface area contributed by atoms with Gasteiger partial charge in [-0.1, -0.05) is 19.1 Å². The van der Waals surface area contributed by atoms with Crippen molar-refractivity contribution >= 4 is 17.4 Å². The highest BCUT2D eigenvalue weighted by molar-refractivity contribution is 6.03. The number of nitrogens with zero attached hydrogens (tertiary/aromatic N) is 1. The van der Waals surface area contributed by atoms with Crippen LogP contribution in [0.2, 0.25) is 0 Å². The van der Waals surface area contributed by atoms with E-state index in [9.17, 15) is 4.79 Å². The van der Waals surface area contributed by atoms with E-state index in [2.05, 4.69) is 18.3 Å². The molecule has 2 amide bonds. The molecule has 1 unspecified atom stereocenters. The Bertz CT molecular complexity index is 750. The molecule has 1 aliphatic rings. The van der Waals surface area contributed by atoms with Gasteiger partial charge in [0.2, 0.25) is 0 Å². The van der Waals surface area contributed by atoms with Crippen LogP contribution in [0.5, 0.6) is 5.75 Å². The third-order valence-electron chi connectivity index (χ3n) is 4.26. The zero-order valence-corrected chi connectivity index (χ0v) is 14.7. The maximum atomic E-state index is 12.9. The van der Waals surface area contributed by atoms with E-state index in [4.69, 9.17) is 4.74 Å². The molecule has 3 rings (SSSR count). The lowest BCUT2D eigenvalue weighted by Crippen LogP contribution is -2.45. The Labute approximate surface area is 143 Å². The number of aryl methyl sites for hydroxylation is 3. The minimum atomic E-state index is -0.117. The molecule has 2 aromatic carbocycles. The van der Waals surface area contributed by atoms with Crippen molar-refractivity contribution in [1.29, 1.82) is 0 Å². The minimum Gasteiger partial charge on any atom is -0.486 e. The van der Waals surface area contributed by atoms with Crippen LogP contribution in [0, 0.1) is 20.8 Å². The van der Waals surface area contributed by atoms with Crippen LogP contribution >= 0.6 is 0 Å². The third kappa shape index (κ3) is 3.37. The van der Waals surface area contributed by atoms with E-state index in [1.54, 1.807) is 4.90 Å². The number of urea groups is 1. The SMILES string of the molecule is CCC1CN(C(=O)Nc2cc(C)cc(C)c2)c2cc(C)ccc2O1. The normalized spacial score (nSPS) is 16.3. The van der Waals surface area contributed by atoms with Crippen LogP contribution in [0.25, 0.3) is 0 Å². The molecule has 2 aromatic rings. The largest absolute Gasteiger partial charge is 0.486 e. The van der Waals surface area contributed by atoms with E-state index < -0.39 is 0 Å². The van der Waals surface area contributed by atoms with Crippen LogP contribution in [0.15, 0.2) is 36.4 Å². The van der Waals surface area contributed by atoms with E-state index in [-0.39, 0.29) is 12.1 Å². The number of nitrogens with one attached hydrogen (secondary N) is 1. The molecule has 0 bridgehead atoms. The van der Waals surface area contributed by atoms with Crippen LogP contribution < -0.4 is 15.0 Å².